The van der Waals surface area contributed by atoms with Gasteiger partial charge in [0.1, 0.15) is 10.3 Å². The molecule has 2 aromatic rings. The lowest BCUT2D eigenvalue weighted by atomic mass is 10.5. The maximum Gasteiger partial charge on any atom is 0.267 e. The van der Waals surface area contributed by atoms with Crippen molar-refractivity contribution in [3.63, 3.8) is 0 Å². The Labute approximate surface area is 98.4 Å². The molecule has 0 saturated heterocycles. The zero-order valence-corrected chi connectivity index (χ0v) is 9.91. The third-order valence-corrected chi connectivity index (χ3v) is 2.51. The van der Waals surface area contributed by atoms with E-state index >= 15 is 0 Å². The molecule has 2 rings (SSSR count). The zero-order chi connectivity index (χ0) is 11.5. The molecule has 7 nitrogen and oxygen atoms in total. The highest BCUT2D eigenvalue weighted by Gasteiger charge is 2.07. The molecular weight excluding hydrogens is 278 g/mol. The Balaban J connectivity index is 2.10. The number of nitrogens with one attached hydrogen (secondary N) is 2. The Morgan fingerprint density at radius 3 is 3.12 bits per heavy atom. The van der Waals surface area contributed by atoms with E-state index in [1.807, 2.05) is 0 Å². The molecule has 16 heavy (non-hydrogen) atoms. The Morgan fingerprint density at radius 2 is 2.44 bits per heavy atom. The molecule has 0 spiro atoms. The van der Waals surface area contributed by atoms with E-state index in [1.54, 1.807) is 6.92 Å². The molecule has 8 heteroatoms. The Bertz CT molecular complexity index is 549. The smallest absolute Gasteiger partial charge is 0.267 e. The molecule has 0 aliphatic carbocycles. The largest absolute Gasteiger partial charge is 0.360 e. The van der Waals surface area contributed by atoms with Crippen molar-refractivity contribution in [1.82, 2.24) is 20.1 Å². The van der Waals surface area contributed by atoms with Crippen LogP contribution < -0.4 is 10.9 Å². The van der Waals surface area contributed by atoms with Crippen molar-refractivity contribution in [2.24, 2.45) is 0 Å². The molecule has 0 radical (unpaired) electrons. The maximum absolute atomic E-state index is 11.2. The van der Waals surface area contributed by atoms with E-state index in [0.717, 1.165) is 0 Å². The second-order valence-electron chi connectivity index (χ2n) is 2.98. The lowest BCUT2D eigenvalue weighted by molar-refractivity contribution is 0.379. The van der Waals surface area contributed by atoms with Gasteiger partial charge in [0.2, 0.25) is 5.89 Å². The van der Waals surface area contributed by atoms with Gasteiger partial charge in [0, 0.05) is 0 Å². The van der Waals surface area contributed by atoms with Gasteiger partial charge in [-0.15, -0.1) is 0 Å². The van der Waals surface area contributed by atoms with Gasteiger partial charge in [-0.3, -0.25) is 4.79 Å². The first-order chi connectivity index (χ1) is 7.66. The molecule has 2 heterocycles. The van der Waals surface area contributed by atoms with Gasteiger partial charge >= 0.3 is 0 Å². The number of anilines is 1. The molecule has 0 aliphatic rings. The average Bonchev–Trinajstić information content (AvgIpc) is 2.67. The molecule has 2 N–H and O–H groups in total. The fourth-order valence-electron chi connectivity index (χ4n) is 1.08. The zero-order valence-electron chi connectivity index (χ0n) is 8.32. The number of rotatable bonds is 3. The summed E-state index contributed by atoms with van der Waals surface area (Å²) >= 11 is 3.12. The van der Waals surface area contributed by atoms with Crippen molar-refractivity contribution >= 4 is 21.7 Å². The Morgan fingerprint density at radius 1 is 1.62 bits per heavy atom. The second-order valence-corrected chi connectivity index (χ2v) is 3.78. The first-order valence-electron chi connectivity index (χ1n) is 4.43. The summed E-state index contributed by atoms with van der Waals surface area (Å²) in [5.41, 5.74) is -0.251. The highest BCUT2D eigenvalue weighted by molar-refractivity contribution is 9.10. The molecule has 2 aromatic heterocycles. The molecule has 0 bridgehead atoms. The quantitative estimate of drug-likeness (QED) is 0.867. The molecule has 0 amide bonds. The predicted octanol–water partition coefficient (Wildman–Crippen LogP) is 0.836. The van der Waals surface area contributed by atoms with Crippen LogP contribution in [0.1, 0.15) is 11.7 Å². The minimum Gasteiger partial charge on any atom is -0.360 e. The standard InChI is InChI=1S/C8H8BrN5O2/c1-4-13-5(16-14-4)2-10-7-6(9)8(15)12-3-11-7/h3H,2H2,1H3,(H2,10,11,12,15). The van der Waals surface area contributed by atoms with Gasteiger partial charge in [0.25, 0.3) is 5.56 Å². The van der Waals surface area contributed by atoms with Crippen LogP contribution >= 0.6 is 15.9 Å². The van der Waals surface area contributed by atoms with E-state index in [-0.39, 0.29) is 5.56 Å². The van der Waals surface area contributed by atoms with Crippen LogP contribution in [0.5, 0.6) is 0 Å². The fraction of sp³-hybridized carbons (Fsp3) is 0.250. The van der Waals surface area contributed by atoms with Gasteiger partial charge < -0.3 is 14.8 Å². The molecule has 0 aliphatic heterocycles. The summed E-state index contributed by atoms with van der Waals surface area (Å²) in [4.78, 5) is 21.6. The molecule has 0 aromatic carbocycles. The number of aromatic amines is 1. The van der Waals surface area contributed by atoms with Gasteiger partial charge in [0.15, 0.2) is 5.82 Å². The number of hydrogen-bond acceptors (Lipinski definition) is 6. The minimum atomic E-state index is -0.251. The van der Waals surface area contributed by atoms with E-state index in [2.05, 4.69) is 41.4 Å². The van der Waals surface area contributed by atoms with E-state index in [0.29, 0.717) is 28.6 Å². The summed E-state index contributed by atoms with van der Waals surface area (Å²) in [6.45, 7) is 2.05. The van der Waals surface area contributed by atoms with E-state index in [9.17, 15) is 4.79 Å². The van der Waals surface area contributed by atoms with Crippen LogP contribution in [0, 0.1) is 6.92 Å². The van der Waals surface area contributed by atoms with Gasteiger partial charge in [-0.25, -0.2) is 4.98 Å². The molecule has 0 unspecified atom stereocenters. The van der Waals surface area contributed by atoms with Crippen molar-refractivity contribution in [1.29, 1.82) is 0 Å². The summed E-state index contributed by atoms with van der Waals surface area (Å²) in [5.74, 6) is 1.43. The fourth-order valence-corrected chi connectivity index (χ4v) is 1.43. The SMILES string of the molecule is Cc1noc(CNc2nc[nH]c(=O)c2Br)n1. The molecular formula is C8H8BrN5O2. The van der Waals surface area contributed by atoms with Crippen molar-refractivity contribution < 1.29 is 4.52 Å². The highest BCUT2D eigenvalue weighted by atomic mass is 79.9. The Hall–Kier alpha value is -1.70. The predicted molar refractivity (Wildman–Crippen MR) is 58.9 cm³/mol. The maximum atomic E-state index is 11.2. The van der Waals surface area contributed by atoms with E-state index in [4.69, 9.17) is 4.52 Å². The number of aryl methyl sites for hydroxylation is 1. The molecule has 0 atom stereocenters. The number of nitrogens with zero attached hydrogens (tertiary/aromatic N) is 3. The van der Waals surface area contributed by atoms with Crippen molar-refractivity contribution in [2.45, 2.75) is 13.5 Å². The third-order valence-electron chi connectivity index (χ3n) is 1.77. The summed E-state index contributed by atoms with van der Waals surface area (Å²) in [6.07, 6.45) is 1.31. The first kappa shape index (κ1) is 10.8. The summed E-state index contributed by atoms with van der Waals surface area (Å²) in [5, 5.41) is 6.55. The van der Waals surface area contributed by atoms with Crippen LogP contribution in [0.4, 0.5) is 5.82 Å². The van der Waals surface area contributed by atoms with E-state index < -0.39 is 0 Å². The van der Waals surface area contributed by atoms with Crippen LogP contribution in [0.15, 0.2) is 20.1 Å². The lowest BCUT2D eigenvalue weighted by Crippen LogP contribution is -2.12. The second kappa shape index (κ2) is 4.44. The highest BCUT2D eigenvalue weighted by Crippen LogP contribution is 2.13. The minimum absolute atomic E-state index is 0.251. The summed E-state index contributed by atoms with van der Waals surface area (Å²) < 4.78 is 5.24. The van der Waals surface area contributed by atoms with Gasteiger partial charge in [0.05, 0.1) is 12.9 Å². The molecule has 84 valence electrons. The summed E-state index contributed by atoms with van der Waals surface area (Å²) in [7, 11) is 0. The van der Waals surface area contributed by atoms with Crippen LogP contribution in [0.25, 0.3) is 0 Å². The average molecular weight is 286 g/mol. The van der Waals surface area contributed by atoms with Crippen molar-refractivity contribution in [2.75, 3.05) is 5.32 Å². The van der Waals surface area contributed by atoms with Crippen molar-refractivity contribution in [3.05, 3.63) is 32.9 Å². The first-order valence-corrected chi connectivity index (χ1v) is 5.22. The van der Waals surface area contributed by atoms with Gasteiger partial charge in [-0.1, -0.05) is 5.16 Å². The third kappa shape index (κ3) is 2.27. The van der Waals surface area contributed by atoms with Gasteiger partial charge in [-0.2, -0.15) is 4.98 Å². The van der Waals surface area contributed by atoms with Gasteiger partial charge in [-0.05, 0) is 22.9 Å². The van der Waals surface area contributed by atoms with Crippen LogP contribution in [-0.2, 0) is 6.54 Å². The normalized spacial score (nSPS) is 10.4. The lowest BCUT2D eigenvalue weighted by Gasteiger charge is -2.02. The molecule has 0 saturated carbocycles. The molecule has 0 fully saturated rings. The van der Waals surface area contributed by atoms with Crippen LogP contribution in [-0.4, -0.2) is 20.1 Å². The van der Waals surface area contributed by atoms with Crippen LogP contribution in [0.3, 0.4) is 0 Å². The number of H-pyrrole nitrogens is 1. The summed E-state index contributed by atoms with van der Waals surface area (Å²) in [6, 6.07) is 0. The number of hydrogen-bond donors (Lipinski definition) is 2. The number of aromatic nitrogens is 4. The monoisotopic (exact) mass is 285 g/mol. The van der Waals surface area contributed by atoms with Crippen molar-refractivity contribution in [3.8, 4) is 0 Å². The Kier molecular flexibility index (Phi) is 3.00. The topological polar surface area (TPSA) is 96.7 Å². The van der Waals surface area contributed by atoms with Crippen LogP contribution in [0.2, 0.25) is 0 Å². The van der Waals surface area contributed by atoms with E-state index in [1.165, 1.54) is 6.33 Å². The number of halogens is 1.